The molecular weight excluding hydrogens is 204 g/mol. The molecule has 13 heavy (non-hydrogen) atoms. The molecule has 0 fully saturated rings. The summed E-state index contributed by atoms with van der Waals surface area (Å²) >= 11 is 0. The largest absolute Gasteiger partial charge is 0.503 e. The van der Waals surface area contributed by atoms with Gasteiger partial charge in [0.1, 0.15) is 0 Å². The molecule has 0 aromatic carbocycles. The van der Waals surface area contributed by atoms with Gasteiger partial charge in [-0.3, -0.25) is 0 Å². The van der Waals surface area contributed by atoms with Gasteiger partial charge in [0.25, 0.3) is 0 Å². The van der Waals surface area contributed by atoms with Gasteiger partial charge in [0, 0.05) is 0 Å². The van der Waals surface area contributed by atoms with Gasteiger partial charge in [0.05, 0.1) is 13.2 Å². The Kier molecular flexibility index (Phi) is 8.76. The van der Waals surface area contributed by atoms with Crippen molar-refractivity contribution in [3.05, 3.63) is 0 Å². The van der Waals surface area contributed by atoms with Gasteiger partial charge in [0.15, 0.2) is 0 Å². The zero-order valence-corrected chi connectivity index (χ0v) is 8.07. The van der Waals surface area contributed by atoms with Crippen LogP contribution in [0.3, 0.4) is 0 Å². The maximum atomic E-state index is 10.4. The Morgan fingerprint density at radius 3 is 1.54 bits per heavy atom. The SMILES string of the molecule is CCOS(=O)(=O)OCC.O=C(O)O. The van der Waals surface area contributed by atoms with E-state index in [-0.39, 0.29) is 13.2 Å². The molecule has 0 aliphatic heterocycles. The van der Waals surface area contributed by atoms with Crippen molar-refractivity contribution in [2.75, 3.05) is 13.2 Å². The van der Waals surface area contributed by atoms with Crippen LogP contribution < -0.4 is 0 Å². The van der Waals surface area contributed by atoms with Crippen LogP contribution in [-0.4, -0.2) is 38.0 Å². The highest BCUT2D eigenvalue weighted by Crippen LogP contribution is 1.93. The van der Waals surface area contributed by atoms with E-state index in [2.05, 4.69) is 8.37 Å². The molecule has 0 heterocycles. The average molecular weight is 216 g/mol. The summed E-state index contributed by atoms with van der Waals surface area (Å²) in [6.45, 7) is 3.39. The van der Waals surface area contributed by atoms with Crippen molar-refractivity contribution >= 4 is 16.6 Å². The zero-order valence-electron chi connectivity index (χ0n) is 7.26. The maximum absolute atomic E-state index is 10.4. The summed E-state index contributed by atoms with van der Waals surface area (Å²) < 4.78 is 29.2. The Hall–Kier alpha value is -0.860. The monoisotopic (exact) mass is 216 g/mol. The van der Waals surface area contributed by atoms with Gasteiger partial charge < -0.3 is 10.2 Å². The fourth-order valence-corrected chi connectivity index (χ4v) is 0.968. The highest BCUT2D eigenvalue weighted by molar-refractivity contribution is 7.81. The first-order valence-electron chi connectivity index (χ1n) is 3.31. The Balaban J connectivity index is 0. The van der Waals surface area contributed by atoms with E-state index in [1.165, 1.54) is 0 Å². The molecule has 0 radical (unpaired) electrons. The summed E-state index contributed by atoms with van der Waals surface area (Å²) in [5.41, 5.74) is 0. The summed E-state index contributed by atoms with van der Waals surface area (Å²) in [6.07, 6.45) is -1.83. The Morgan fingerprint density at radius 1 is 1.15 bits per heavy atom. The van der Waals surface area contributed by atoms with E-state index in [1.807, 2.05) is 0 Å². The van der Waals surface area contributed by atoms with E-state index in [1.54, 1.807) is 13.8 Å². The van der Waals surface area contributed by atoms with Crippen LogP contribution in [0.25, 0.3) is 0 Å². The second-order valence-electron chi connectivity index (χ2n) is 1.50. The Morgan fingerprint density at radius 2 is 1.38 bits per heavy atom. The first-order valence-corrected chi connectivity index (χ1v) is 4.64. The molecule has 8 heteroatoms. The van der Waals surface area contributed by atoms with Gasteiger partial charge in [-0.25, -0.2) is 13.2 Å². The van der Waals surface area contributed by atoms with Crippen molar-refractivity contribution in [1.82, 2.24) is 0 Å². The van der Waals surface area contributed by atoms with E-state index in [9.17, 15) is 8.42 Å². The van der Waals surface area contributed by atoms with Crippen LogP contribution in [0.5, 0.6) is 0 Å². The Labute approximate surface area is 76.2 Å². The molecule has 7 nitrogen and oxygen atoms in total. The van der Waals surface area contributed by atoms with Crippen LogP contribution in [0.1, 0.15) is 13.8 Å². The zero-order chi connectivity index (χ0) is 10.9. The molecule has 0 aliphatic carbocycles. The molecule has 80 valence electrons. The normalized spacial score (nSPS) is 10.0. The lowest BCUT2D eigenvalue weighted by molar-refractivity contribution is 0.137. The molecule has 0 aromatic heterocycles. The molecule has 2 N–H and O–H groups in total. The molecule has 0 unspecified atom stereocenters. The standard InChI is InChI=1S/C4H10O4S.CH2O3/c1-3-7-9(5,6)8-4-2;2-1(3)4/h3-4H2,1-2H3;(H2,2,3,4). The third-order valence-electron chi connectivity index (χ3n) is 0.524. The van der Waals surface area contributed by atoms with Crippen molar-refractivity contribution in [1.29, 1.82) is 0 Å². The van der Waals surface area contributed by atoms with E-state index < -0.39 is 16.6 Å². The fraction of sp³-hybridized carbons (Fsp3) is 0.800. The van der Waals surface area contributed by atoms with Gasteiger partial charge in [0.2, 0.25) is 0 Å². The lowest BCUT2D eigenvalue weighted by atomic mass is 10.9. The molecule has 0 spiro atoms. The summed E-state index contributed by atoms with van der Waals surface area (Å²) in [7, 11) is -3.68. The first kappa shape index (κ1) is 14.7. The van der Waals surface area contributed by atoms with Crippen LogP contribution >= 0.6 is 0 Å². The lowest BCUT2D eigenvalue weighted by Gasteiger charge is -1.99. The van der Waals surface area contributed by atoms with E-state index >= 15 is 0 Å². The molecular formula is C5H12O7S. The molecule has 0 amide bonds. The maximum Gasteiger partial charge on any atom is 0.503 e. The van der Waals surface area contributed by atoms with Crippen LogP contribution in [0.2, 0.25) is 0 Å². The van der Waals surface area contributed by atoms with Gasteiger partial charge in [-0.2, -0.15) is 8.42 Å². The predicted octanol–water partition coefficient (Wildman–Crippen LogP) is 0.527. The fourth-order valence-electron chi connectivity index (χ4n) is 0.323. The molecule has 0 saturated heterocycles. The van der Waals surface area contributed by atoms with Crippen molar-refractivity contribution in [3.8, 4) is 0 Å². The van der Waals surface area contributed by atoms with Crippen LogP contribution in [-0.2, 0) is 18.8 Å². The lowest BCUT2D eigenvalue weighted by Crippen LogP contribution is -2.09. The summed E-state index contributed by atoms with van der Waals surface area (Å²) in [5.74, 6) is 0. The van der Waals surface area contributed by atoms with E-state index in [0.717, 1.165) is 0 Å². The van der Waals surface area contributed by atoms with Crippen molar-refractivity contribution in [2.24, 2.45) is 0 Å². The first-order chi connectivity index (χ1) is 5.85. The van der Waals surface area contributed by atoms with Crippen molar-refractivity contribution < 1.29 is 31.8 Å². The van der Waals surface area contributed by atoms with Crippen molar-refractivity contribution in [2.45, 2.75) is 13.8 Å². The number of rotatable bonds is 4. The third-order valence-corrected chi connectivity index (χ3v) is 1.57. The molecule has 0 bridgehead atoms. The third kappa shape index (κ3) is 18.3. The second-order valence-corrected chi connectivity index (χ2v) is 2.79. The summed E-state index contributed by atoms with van der Waals surface area (Å²) in [6, 6.07) is 0. The smallest absolute Gasteiger partial charge is 0.450 e. The van der Waals surface area contributed by atoms with E-state index in [0.29, 0.717) is 0 Å². The Bertz CT molecular complexity index is 203. The van der Waals surface area contributed by atoms with E-state index in [4.69, 9.17) is 15.0 Å². The number of carboxylic acid groups (broad SMARTS) is 2. The summed E-state index contributed by atoms with van der Waals surface area (Å²) in [5, 5.41) is 13.9. The van der Waals surface area contributed by atoms with Crippen LogP contribution in [0.15, 0.2) is 0 Å². The minimum absolute atomic E-state index is 0.113. The number of hydrogen-bond donors (Lipinski definition) is 2. The minimum atomic E-state index is -3.68. The van der Waals surface area contributed by atoms with Gasteiger partial charge >= 0.3 is 16.6 Å². The number of carbonyl (C=O) groups is 1. The van der Waals surface area contributed by atoms with Gasteiger partial charge in [-0.05, 0) is 13.8 Å². The molecule has 0 aliphatic rings. The average Bonchev–Trinajstić information content (AvgIpc) is 1.84. The topological polar surface area (TPSA) is 110 Å². The number of hydrogen-bond acceptors (Lipinski definition) is 5. The highest BCUT2D eigenvalue weighted by atomic mass is 32.3. The molecule has 0 atom stereocenters. The molecule has 0 aromatic rings. The second kappa shape index (κ2) is 7.77. The van der Waals surface area contributed by atoms with Crippen LogP contribution in [0.4, 0.5) is 4.79 Å². The van der Waals surface area contributed by atoms with Crippen molar-refractivity contribution in [3.63, 3.8) is 0 Å². The van der Waals surface area contributed by atoms with Gasteiger partial charge in [-0.1, -0.05) is 0 Å². The summed E-state index contributed by atoms with van der Waals surface area (Å²) in [4.78, 5) is 8.56. The highest BCUT2D eigenvalue weighted by Gasteiger charge is 2.06. The quantitative estimate of drug-likeness (QED) is 0.704. The molecule has 0 rings (SSSR count). The minimum Gasteiger partial charge on any atom is -0.450 e. The molecule has 0 saturated carbocycles. The van der Waals surface area contributed by atoms with Gasteiger partial charge in [-0.15, -0.1) is 0 Å². The predicted molar refractivity (Wildman–Crippen MR) is 42.8 cm³/mol. The van der Waals surface area contributed by atoms with Crippen LogP contribution in [0, 0.1) is 0 Å².